The third-order valence-corrected chi connectivity index (χ3v) is 4.10. The first kappa shape index (κ1) is 14.6. The van der Waals surface area contributed by atoms with Crippen LogP contribution in [0.1, 0.15) is 23.0 Å². The maximum Gasteiger partial charge on any atom is 0.287 e. The summed E-state index contributed by atoms with van der Waals surface area (Å²) >= 11 is 0. The molecule has 0 saturated heterocycles. The van der Waals surface area contributed by atoms with Crippen LogP contribution in [-0.2, 0) is 0 Å². The minimum absolute atomic E-state index is 0.167. The molecular formula is C18H20N2O2. The number of carbonyl (C=O) groups is 1. The molecule has 0 aliphatic rings. The van der Waals surface area contributed by atoms with Gasteiger partial charge < -0.3 is 15.1 Å². The molecule has 4 heteroatoms. The molecule has 2 aromatic carbocycles. The molecule has 0 fully saturated rings. The van der Waals surface area contributed by atoms with Gasteiger partial charge in [-0.1, -0.05) is 36.4 Å². The zero-order chi connectivity index (χ0) is 15.7. The number of fused-ring (bicyclic) bond motifs is 3. The van der Waals surface area contributed by atoms with Crippen molar-refractivity contribution in [1.82, 2.24) is 10.6 Å². The lowest BCUT2D eigenvalue weighted by molar-refractivity contribution is 0.0924. The number of amides is 1. The number of hydrogen-bond donors (Lipinski definition) is 2. The van der Waals surface area contributed by atoms with Crippen molar-refractivity contribution in [3.8, 4) is 0 Å². The molecule has 2 N–H and O–H groups in total. The molecule has 1 heterocycles. The van der Waals surface area contributed by atoms with Crippen LogP contribution < -0.4 is 10.6 Å². The van der Waals surface area contributed by atoms with Crippen molar-refractivity contribution >= 4 is 27.6 Å². The van der Waals surface area contributed by atoms with Crippen molar-refractivity contribution in [1.29, 1.82) is 0 Å². The van der Waals surface area contributed by atoms with E-state index in [4.69, 9.17) is 4.42 Å². The number of hydrogen-bond acceptors (Lipinski definition) is 3. The lowest BCUT2D eigenvalue weighted by Gasteiger charge is -2.10. The molecular weight excluding hydrogens is 276 g/mol. The Balaban J connectivity index is 2.02. The number of benzene rings is 2. The number of carbonyl (C=O) groups excluding carboxylic acids is 1. The molecule has 1 atom stereocenters. The van der Waals surface area contributed by atoms with Crippen molar-refractivity contribution in [2.24, 2.45) is 0 Å². The van der Waals surface area contributed by atoms with Gasteiger partial charge in [0.1, 0.15) is 5.58 Å². The highest BCUT2D eigenvalue weighted by atomic mass is 16.3. The van der Waals surface area contributed by atoms with Crippen LogP contribution in [0, 0.1) is 6.92 Å². The van der Waals surface area contributed by atoms with Gasteiger partial charge in [-0.25, -0.2) is 0 Å². The van der Waals surface area contributed by atoms with Gasteiger partial charge in [-0.15, -0.1) is 0 Å². The Labute approximate surface area is 129 Å². The van der Waals surface area contributed by atoms with Gasteiger partial charge in [0.15, 0.2) is 5.76 Å². The second-order valence-electron chi connectivity index (χ2n) is 5.62. The maximum absolute atomic E-state index is 12.4. The molecule has 3 aromatic rings. The Morgan fingerprint density at radius 2 is 1.95 bits per heavy atom. The van der Waals surface area contributed by atoms with Gasteiger partial charge in [-0.3, -0.25) is 4.79 Å². The number of likely N-dealkylation sites (N-methyl/N-ethyl adjacent to an activating group) is 1. The average Bonchev–Trinajstić information content (AvgIpc) is 2.89. The summed E-state index contributed by atoms with van der Waals surface area (Å²) in [5.74, 6) is 0.231. The Morgan fingerprint density at radius 1 is 1.18 bits per heavy atom. The smallest absolute Gasteiger partial charge is 0.287 e. The van der Waals surface area contributed by atoms with Crippen LogP contribution in [0.15, 0.2) is 40.8 Å². The van der Waals surface area contributed by atoms with Gasteiger partial charge in [0.25, 0.3) is 5.91 Å². The zero-order valence-corrected chi connectivity index (χ0v) is 13.1. The highest BCUT2D eigenvalue weighted by Crippen LogP contribution is 2.31. The number of furan rings is 1. The minimum Gasteiger partial charge on any atom is -0.450 e. The molecule has 0 aliphatic carbocycles. The molecule has 0 spiro atoms. The van der Waals surface area contributed by atoms with Gasteiger partial charge in [0.05, 0.1) is 0 Å². The van der Waals surface area contributed by atoms with E-state index in [1.165, 1.54) is 0 Å². The summed E-state index contributed by atoms with van der Waals surface area (Å²) in [5.41, 5.74) is 1.66. The number of aryl methyl sites for hydroxylation is 1. The second kappa shape index (κ2) is 5.81. The molecule has 1 aromatic heterocycles. The molecule has 0 bridgehead atoms. The predicted molar refractivity (Wildman–Crippen MR) is 89.3 cm³/mol. The molecule has 1 unspecified atom stereocenters. The van der Waals surface area contributed by atoms with E-state index < -0.39 is 0 Å². The SMILES string of the molecule is CNC(C)CNC(=O)c1oc2c(ccc3ccccc32)c1C. The topological polar surface area (TPSA) is 54.3 Å². The fourth-order valence-electron chi connectivity index (χ4n) is 2.59. The summed E-state index contributed by atoms with van der Waals surface area (Å²) < 4.78 is 5.91. The predicted octanol–water partition coefficient (Wildman–Crippen LogP) is 3.23. The summed E-state index contributed by atoms with van der Waals surface area (Å²) in [6.07, 6.45) is 0. The van der Waals surface area contributed by atoms with Crippen LogP contribution in [-0.4, -0.2) is 25.5 Å². The Bertz CT molecular complexity index is 836. The van der Waals surface area contributed by atoms with Crippen LogP contribution in [0.5, 0.6) is 0 Å². The highest BCUT2D eigenvalue weighted by molar-refractivity contribution is 6.08. The van der Waals surface area contributed by atoms with E-state index >= 15 is 0 Å². The normalized spacial score (nSPS) is 12.7. The van der Waals surface area contributed by atoms with Crippen molar-refractivity contribution in [3.63, 3.8) is 0 Å². The van der Waals surface area contributed by atoms with Gasteiger partial charge in [0.2, 0.25) is 0 Å². The highest BCUT2D eigenvalue weighted by Gasteiger charge is 2.19. The van der Waals surface area contributed by atoms with Gasteiger partial charge in [0, 0.05) is 28.9 Å². The molecule has 0 radical (unpaired) electrons. The first-order valence-corrected chi connectivity index (χ1v) is 7.48. The average molecular weight is 296 g/mol. The van der Waals surface area contributed by atoms with Crippen LogP contribution in [0.4, 0.5) is 0 Å². The summed E-state index contributed by atoms with van der Waals surface area (Å²) in [7, 11) is 1.87. The Hall–Kier alpha value is -2.33. The van der Waals surface area contributed by atoms with Gasteiger partial charge in [-0.05, 0) is 26.3 Å². The first-order valence-electron chi connectivity index (χ1n) is 7.48. The largest absolute Gasteiger partial charge is 0.450 e. The van der Waals surface area contributed by atoms with Crippen molar-refractivity contribution < 1.29 is 9.21 Å². The summed E-state index contributed by atoms with van der Waals surface area (Å²) in [5, 5.41) is 9.13. The third kappa shape index (κ3) is 2.46. The zero-order valence-electron chi connectivity index (χ0n) is 13.1. The molecule has 22 heavy (non-hydrogen) atoms. The van der Waals surface area contributed by atoms with Crippen molar-refractivity contribution in [2.45, 2.75) is 19.9 Å². The summed E-state index contributed by atoms with van der Waals surface area (Å²) in [6, 6.07) is 12.3. The molecule has 0 saturated carbocycles. The standard InChI is InChI=1S/C18H20N2O2/c1-11(19-3)10-20-18(21)16-12(2)14-9-8-13-6-4-5-7-15(13)17(14)22-16/h4-9,11,19H,10H2,1-3H3,(H,20,21). The fraction of sp³-hybridized carbons (Fsp3) is 0.278. The Kier molecular flexibility index (Phi) is 3.86. The fourth-order valence-corrected chi connectivity index (χ4v) is 2.59. The summed E-state index contributed by atoms with van der Waals surface area (Å²) in [6.45, 7) is 4.50. The molecule has 1 amide bonds. The lowest BCUT2D eigenvalue weighted by Crippen LogP contribution is -2.37. The molecule has 0 aliphatic heterocycles. The van der Waals surface area contributed by atoms with E-state index in [-0.39, 0.29) is 11.9 Å². The minimum atomic E-state index is -0.167. The molecule has 3 rings (SSSR count). The quantitative estimate of drug-likeness (QED) is 0.777. The van der Waals surface area contributed by atoms with Gasteiger partial charge in [-0.2, -0.15) is 0 Å². The molecule has 4 nitrogen and oxygen atoms in total. The summed E-state index contributed by atoms with van der Waals surface area (Å²) in [4.78, 5) is 12.4. The first-order chi connectivity index (χ1) is 10.6. The maximum atomic E-state index is 12.4. The van der Waals surface area contributed by atoms with E-state index in [1.807, 2.05) is 51.2 Å². The third-order valence-electron chi connectivity index (χ3n) is 4.10. The lowest BCUT2D eigenvalue weighted by atomic mass is 10.1. The number of rotatable bonds is 4. The van der Waals surface area contributed by atoms with E-state index in [9.17, 15) is 4.79 Å². The van der Waals surface area contributed by atoms with E-state index in [0.717, 1.165) is 27.3 Å². The van der Waals surface area contributed by atoms with E-state index in [2.05, 4.69) is 16.7 Å². The van der Waals surface area contributed by atoms with E-state index in [0.29, 0.717) is 12.3 Å². The van der Waals surface area contributed by atoms with Crippen LogP contribution in [0.25, 0.3) is 21.7 Å². The Morgan fingerprint density at radius 3 is 2.73 bits per heavy atom. The van der Waals surface area contributed by atoms with Crippen LogP contribution in [0.3, 0.4) is 0 Å². The van der Waals surface area contributed by atoms with Crippen molar-refractivity contribution in [3.05, 3.63) is 47.7 Å². The van der Waals surface area contributed by atoms with Gasteiger partial charge >= 0.3 is 0 Å². The van der Waals surface area contributed by atoms with Crippen LogP contribution >= 0.6 is 0 Å². The monoisotopic (exact) mass is 296 g/mol. The second-order valence-corrected chi connectivity index (χ2v) is 5.62. The van der Waals surface area contributed by atoms with Crippen LogP contribution in [0.2, 0.25) is 0 Å². The molecule has 114 valence electrons. The van der Waals surface area contributed by atoms with Crippen molar-refractivity contribution in [2.75, 3.05) is 13.6 Å². The van der Waals surface area contributed by atoms with E-state index in [1.54, 1.807) is 0 Å². The number of nitrogens with one attached hydrogen (secondary N) is 2.